The minimum absolute atomic E-state index is 0.0736. The molecule has 2 heteroatoms. The second-order valence-corrected chi connectivity index (χ2v) is 4.31. The molecule has 0 radical (unpaired) electrons. The second-order valence-electron chi connectivity index (χ2n) is 4.31. The zero-order valence-electron chi connectivity index (χ0n) is 9.25. The van der Waals surface area contributed by atoms with Gasteiger partial charge in [-0.05, 0) is 44.7 Å². The highest BCUT2D eigenvalue weighted by Gasteiger charge is 2.22. The highest BCUT2D eigenvalue weighted by atomic mass is 16.5. The Morgan fingerprint density at radius 1 is 1.47 bits per heavy atom. The molecule has 1 fully saturated rings. The number of ether oxygens (including phenoxy) is 1. The van der Waals surface area contributed by atoms with E-state index in [4.69, 9.17) is 4.74 Å². The van der Waals surface area contributed by atoms with Crippen LogP contribution < -0.4 is 4.74 Å². The van der Waals surface area contributed by atoms with E-state index in [1.54, 1.807) is 6.92 Å². The molecule has 15 heavy (non-hydrogen) atoms. The lowest BCUT2D eigenvalue weighted by Crippen LogP contribution is -2.04. The molecule has 0 unspecified atom stereocenters. The number of benzene rings is 1. The van der Waals surface area contributed by atoms with Gasteiger partial charge in [0.25, 0.3) is 0 Å². The monoisotopic (exact) mass is 204 g/mol. The zero-order chi connectivity index (χ0) is 10.8. The summed E-state index contributed by atoms with van der Waals surface area (Å²) in [7, 11) is 0. The molecule has 2 nitrogen and oxygen atoms in total. The molecule has 0 spiro atoms. The van der Waals surface area contributed by atoms with Gasteiger partial charge >= 0.3 is 0 Å². The SMILES string of the molecule is CC(=O)c1cc(C)ccc1OCC1CC1. The molecule has 0 N–H and O–H groups in total. The van der Waals surface area contributed by atoms with Crippen molar-refractivity contribution in [3.05, 3.63) is 29.3 Å². The quantitative estimate of drug-likeness (QED) is 0.705. The van der Waals surface area contributed by atoms with Crippen LogP contribution in [-0.2, 0) is 0 Å². The summed E-state index contributed by atoms with van der Waals surface area (Å²) in [6.07, 6.45) is 2.53. The van der Waals surface area contributed by atoms with E-state index in [1.165, 1.54) is 12.8 Å². The van der Waals surface area contributed by atoms with Gasteiger partial charge in [-0.3, -0.25) is 4.79 Å². The van der Waals surface area contributed by atoms with Gasteiger partial charge in [0.05, 0.1) is 12.2 Å². The van der Waals surface area contributed by atoms with Crippen molar-refractivity contribution in [2.75, 3.05) is 6.61 Å². The number of Topliss-reactive ketones (excluding diaryl/α,β-unsaturated/α-hetero) is 1. The summed E-state index contributed by atoms with van der Waals surface area (Å²) in [5, 5.41) is 0. The van der Waals surface area contributed by atoms with Crippen molar-refractivity contribution in [2.24, 2.45) is 5.92 Å². The van der Waals surface area contributed by atoms with Crippen molar-refractivity contribution in [1.82, 2.24) is 0 Å². The third-order valence-corrected chi connectivity index (χ3v) is 2.69. The maximum absolute atomic E-state index is 11.4. The summed E-state index contributed by atoms with van der Waals surface area (Å²) in [6, 6.07) is 5.77. The predicted molar refractivity (Wildman–Crippen MR) is 59.4 cm³/mol. The van der Waals surface area contributed by atoms with Crippen LogP contribution in [0.4, 0.5) is 0 Å². The standard InChI is InChI=1S/C13H16O2/c1-9-3-6-13(12(7-9)10(2)14)15-8-11-4-5-11/h3,6-7,11H,4-5,8H2,1-2H3. The minimum Gasteiger partial charge on any atom is -0.493 e. The van der Waals surface area contributed by atoms with E-state index in [0.717, 1.165) is 17.9 Å². The van der Waals surface area contributed by atoms with E-state index in [2.05, 4.69) is 0 Å². The Morgan fingerprint density at radius 2 is 2.20 bits per heavy atom. The molecule has 0 aromatic heterocycles. The molecule has 0 atom stereocenters. The Hall–Kier alpha value is -1.31. The van der Waals surface area contributed by atoms with Gasteiger partial charge < -0.3 is 4.74 Å². The first kappa shape index (κ1) is 10.2. The molecule has 80 valence electrons. The van der Waals surface area contributed by atoms with Crippen LogP contribution in [0.15, 0.2) is 18.2 Å². The molecule has 0 bridgehead atoms. The first-order valence-corrected chi connectivity index (χ1v) is 5.41. The molecule has 1 aromatic carbocycles. The summed E-state index contributed by atoms with van der Waals surface area (Å²) in [4.78, 5) is 11.4. The number of hydrogen-bond acceptors (Lipinski definition) is 2. The van der Waals surface area contributed by atoms with Gasteiger partial charge in [0, 0.05) is 0 Å². The number of carbonyl (C=O) groups excluding carboxylic acids is 1. The zero-order valence-corrected chi connectivity index (χ0v) is 9.25. The summed E-state index contributed by atoms with van der Waals surface area (Å²) >= 11 is 0. The largest absolute Gasteiger partial charge is 0.493 e. The topological polar surface area (TPSA) is 26.3 Å². The third-order valence-electron chi connectivity index (χ3n) is 2.69. The molecule has 1 aliphatic rings. The van der Waals surface area contributed by atoms with Crippen molar-refractivity contribution in [1.29, 1.82) is 0 Å². The van der Waals surface area contributed by atoms with Crippen LogP contribution in [0, 0.1) is 12.8 Å². The molecule has 1 aliphatic carbocycles. The molecular formula is C13H16O2. The molecule has 0 aliphatic heterocycles. The number of carbonyl (C=O) groups is 1. The fourth-order valence-corrected chi connectivity index (χ4v) is 1.54. The molecular weight excluding hydrogens is 188 g/mol. The number of rotatable bonds is 4. The first-order chi connectivity index (χ1) is 7.16. The lowest BCUT2D eigenvalue weighted by atomic mass is 10.1. The maximum atomic E-state index is 11.4. The first-order valence-electron chi connectivity index (χ1n) is 5.41. The number of aryl methyl sites for hydroxylation is 1. The number of hydrogen-bond donors (Lipinski definition) is 0. The molecule has 1 saturated carbocycles. The Kier molecular flexibility index (Phi) is 2.76. The normalized spacial score (nSPS) is 15.1. The van der Waals surface area contributed by atoms with Crippen molar-refractivity contribution < 1.29 is 9.53 Å². The second kappa shape index (κ2) is 4.05. The maximum Gasteiger partial charge on any atom is 0.163 e. The minimum atomic E-state index is 0.0736. The fraction of sp³-hybridized carbons (Fsp3) is 0.462. The van der Waals surface area contributed by atoms with E-state index in [-0.39, 0.29) is 5.78 Å². The van der Waals surface area contributed by atoms with Gasteiger partial charge in [0.15, 0.2) is 5.78 Å². The Balaban J connectivity index is 2.15. The highest BCUT2D eigenvalue weighted by Crippen LogP contribution is 2.30. The van der Waals surface area contributed by atoms with E-state index in [9.17, 15) is 4.79 Å². The average molecular weight is 204 g/mol. The van der Waals surface area contributed by atoms with Crippen molar-refractivity contribution in [2.45, 2.75) is 26.7 Å². The van der Waals surface area contributed by atoms with E-state index in [1.807, 2.05) is 25.1 Å². The van der Waals surface area contributed by atoms with Gasteiger partial charge in [-0.15, -0.1) is 0 Å². The number of ketones is 1. The van der Waals surface area contributed by atoms with Gasteiger partial charge in [0.1, 0.15) is 5.75 Å². The van der Waals surface area contributed by atoms with Gasteiger partial charge in [-0.1, -0.05) is 11.6 Å². The van der Waals surface area contributed by atoms with Gasteiger partial charge in [-0.25, -0.2) is 0 Å². The Morgan fingerprint density at radius 3 is 2.80 bits per heavy atom. The summed E-state index contributed by atoms with van der Waals surface area (Å²) < 4.78 is 5.66. The molecule has 0 heterocycles. The van der Waals surface area contributed by atoms with E-state index >= 15 is 0 Å². The van der Waals surface area contributed by atoms with E-state index in [0.29, 0.717) is 11.5 Å². The van der Waals surface area contributed by atoms with Crippen LogP contribution in [0.2, 0.25) is 0 Å². The summed E-state index contributed by atoms with van der Waals surface area (Å²) in [5.41, 5.74) is 1.80. The highest BCUT2D eigenvalue weighted by molar-refractivity contribution is 5.97. The molecule has 0 saturated heterocycles. The lowest BCUT2D eigenvalue weighted by molar-refractivity contribution is 0.101. The van der Waals surface area contributed by atoms with Crippen LogP contribution in [0.3, 0.4) is 0 Å². The van der Waals surface area contributed by atoms with Crippen LogP contribution in [0.25, 0.3) is 0 Å². The van der Waals surface area contributed by atoms with Crippen LogP contribution in [-0.4, -0.2) is 12.4 Å². The summed E-state index contributed by atoms with van der Waals surface area (Å²) in [5.74, 6) is 1.52. The third kappa shape index (κ3) is 2.58. The summed E-state index contributed by atoms with van der Waals surface area (Å²) in [6.45, 7) is 4.32. The lowest BCUT2D eigenvalue weighted by Gasteiger charge is -2.09. The molecule has 1 aromatic rings. The smallest absolute Gasteiger partial charge is 0.163 e. The fourth-order valence-electron chi connectivity index (χ4n) is 1.54. The van der Waals surface area contributed by atoms with Crippen LogP contribution in [0.5, 0.6) is 5.75 Å². The van der Waals surface area contributed by atoms with Gasteiger partial charge in [0.2, 0.25) is 0 Å². The average Bonchev–Trinajstić information content (AvgIpc) is 2.99. The molecule has 0 amide bonds. The van der Waals surface area contributed by atoms with Crippen molar-refractivity contribution in [3.63, 3.8) is 0 Å². The Bertz CT molecular complexity index is 378. The van der Waals surface area contributed by atoms with Gasteiger partial charge in [-0.2, -0.15) is 0 Å². The Labute approximate surface area is 90.3 Å². The predicted octanol–water partition coefficient (Wildman–Crippen LogP) is 2.99. The van der Waals surface area contributed by atoms with E-state index < -0.39 is 0 Å². The van der Waals surface area contributed by atoms with Crippen molar-refractivity contribution in [3.8, 4) is 5.75 Å². The van der Waals surface area contributed by atoms with Crippen molar-refractivity contribution >= 4 is 5.78 Å². The molecule has 2 rings (SSSR count). The van der Waals surface area contributed by atoms with Crippen LogP contribution >= 0.6 is 0 Å². The van der Waals surface area contributed by atoms with Crippen LogP contribution in [0.1, 0.15) is 35.7 Å².